The fraction of sp³-hybridized carbons (Fsp3) is 0. The molecule has 0 saturated heterocycles. The summed E-state index contributed by atoms with van der Waals surface area (Å²) in [6, 6.07) is 4.52. The zero-order chi connectivity index (χ0) is 11.5. The Hall–Kier alpha value is -1.52. The molecule has 1 N–H and O–H groups in total. The lowest BCUT2D eigenvalue weighted by Crippen LogP contribution is -2.17. The highest BCUT2D eigenvalue weighted by Gasteiger charge is 2.07. The summed E-state index contributed by atoms with van der Waals surface area (Å²) in [4.78, 5) is 15.4. The maximum atomic E-state index is 11.6. The summed E-state index contributed by atoms with van der Waals surface area (Å²) in [5.41, 5.74) is 0.504. The van der Waals surface area contributed by atoms with Gasteiger partial charge in [-0.3, -0.25) is 4.57 Å². The summed E-state index contributed by atoms with van der Waals surface area (Å²) in [6.07, 6.45) is 4.46. The molecule has 16 heavy (non-hydrogen) atoms. The highest BCUT2D eigenvalue weighted by Crippen LogP contribution is 2.25. The predicted molar refractivity (Wildman–Crippen MR) is 63.1 cm³/mol. The van der Waals surface area contributed by atoms with Crippen molar-refractivity contribution in [2.75, 3.05) is 5.32 Å². The van der Waals surface area contributed by atoms with Gasteiger partial charge in [-0.1, -0.05) is 23.2 Å². The Kier molecular flexibility index (Phi) is 3.12. The zero-order valence-corrected chi connectivity index (χ0v) is 9.53. The second-order valence-electron chi connectivity index (χ2n) is 3.02. The molecule has 1 amide bonds. The number of carbonyl (C=O) groups is 1. The molecule has 0 unspecified atom stereocenters. The quantitative estimate of drug-likeness (QED) is 0.851. The first-order valence-electron chi connectivity index (χ1n) is 4.41. The molecular formula is C10H7Cl2N3O. The minimum Gasteiger partial charge on any atom is -0.306 e. The van der Waals surface area contributed by atoms with Crippen LogP contribution in [0.15, 0.2) is 36.9 Å². The van der Waals surface area contributed by atoms with E-state index in [0.29, 0.717) is 15.7 Å². The van der Waals surface area contributed by atoms with Gasteiger partial charge in [0.25, 0.3) is 0 Å². The van der Waals surface area contributed by atoms with Crippen molar-refractivity contribution in [2.45, 2.75) is 0 Å². The smallest absolute Gasteiger partial charge is 0.306 e. The second-order valence-corrected chi connectivity index (χ2v) is 3.87. The molecule has 0 saturated carbocycles. The van der Waals surface area contributed by atoms with Crippen LogP contribution in [0.2, 0.25) is 10.0 Å². The van der Waals surface area contributed by atoms with Crippen LogP contribution in [-0.2, 0) is 0 Å². The number of aromatic nitrogens is 2. The van der Waals surface area contributed by atoms with E-state index in [1.807, 2.05) is 0 Å². The number of imidazole rings is 1. The van der Waals surface area contributed by atoms with E-state index in [1.54, 1.807) is 24.4 Å². The Labute approximate surface area is 102 Å². The monoisotopic (exact) mass is 255 g/mol. The summed E-state index contributed by atoms with van der Waals surface area (Å²) >= 11 is 11.7. The molecule has 2 aromatic rings. The number of rotatable bonds is 1. The lowest BCUT2D eigenvalue weighted by atomic mass is 10.3. The number of hydrogen-bond donors (Lipinski definition) is 1. The van der Waals surface area contributed by atoms with Gasteiger partial charge in [-0.2, -0.15) is 0 Å². The Morgan fingerprint density at radius 3 is 2.81 bits per heavy atom. The van der Waals surface area contributed by atoms with Gasteiger partial charge in [-0.05, 0) is 18.2 Å². The van der Waals surface area contributed by atoms with Crippen LogP contribution in [0.3, 0.4) is 0 Å². The molecule has 0 atom stereocenters. The van der Waals surface area contributed by atoms with Crippen LogP contribution < -0.4 is 5.32 Å². The number of halogens is 2. The van der Waals surface area contributed by atoms with E-state index in [9.17, 15) is 4.79 Å². The van der Waals surface area contributed by atoms with Gasteiger partial charge >= 0.3 is 6.03 Å². The fourth-order valence-corrected chi connectivity index (χ4v) is 1.61. The normalized spacial score (nSPS) is 10.1. The molecule has 0 radical (unpaired) electrons. The van der Waals surface area contributed by atoms with Gasteiger partial charge in [0.1, 0.15) is 6.33 Å². The van der Waals surface area contributed by atoms with Crippen LogP contribution in [0.5, 0.6) is 0 Å². The van der Waals surface area contributed by atoms with E-state index in [1.165, 1.54) is 17.1 Å². The van der Waals surface area contributed by atoms with Crippen LogP contribution in [0.1, 0.15) is 0 Å². The SMILES string of the molecule is O=C(Nc1ccc(Cl)cc1Cl)n1ccnc1. The van der Waals surface area contributed by atoms with E-state index in [-0.39, 0.29) is 6.03 Å². The van der Waals surface area contributed by atoms with Gasteiger partial charge in [0, 0.05) is 17.4 Å². The minimum atomic E-state index is -0.332. The van der Waals surface area contributed by atoms with Gasteiger partial charge in [0.2, 0.25) is 0 Å². The van der Waals surface area contributed by atoms with Crippen molar-refractivity contribution in [1.29, 1.82) is 0 Å². The van der Waals surface area contributed by atoms with Crippen molar-refractivity contribution >= 4 is 34.9 Å². The molecule has 0 spiro atoms. The van der Waals surface area contributed by atoms with Crippen molar-refractivity contribution in [2.24, 2.45) is 0 Å². The summed E-state index contributed by atoms with van der Waals surface area (Å²) in [5.74, 6) is 0. The van der Waals surface area contributed by atoms with Crippen LogP contribution in [0.4, 0.5) is 10.5 Å². The summed E-state index contributed by atoms with van der Waals surface area (Å²) in [6.45, 7) is 0. The third kappa shape index (κ3) is 2.35. The van der Waals surface area contributed by atoms with Gasteiger partial charge in [-0.25, -0.2) is 9.78 Å². The van der Waals surface area contributed by atoms with Gasteiger partial charge in [0.15, 0.2) is 0 Å². The number of carbonyl (C=O) groups excluding carboxylic acids is 1. The molecule has 6 heteroatoms. The largest absolute Gasteiger partial charge is 0.331 e. The molecule has 4 nitrogen and oxygen atoms in total. The number of nitrogens with zero attached hydrogens (tertiary/aromatic N) is 2. The van der Waals surface area contributed by atoms with E-state index in [0.717, 1.165) is 0 Å². The average molecular weight is 256 g/mol. The lowest BCUT2D eigenvalue weighted by molar-refractivity contribution is 0.253. The molecule has 0 aliphatic rings. The first kappa shape index (κ1) is 11.0. The molecule has 0 aliphatic heterocycles. The third-order valence-corrected chi connectivity index (χ3v) is 2.46. The Morgan fingerprint density at radius 1 is 1.38 bits per heavy atom. The van der Waals surface area contributed by atoms with Crippen LogP contribution in [0, 0.1) is 0 Å². The van der Waals surface area contributed by atoms with E-state index >= 15 is 0 Å². The van der Waals surface area contributed by atoms with Gasteiger partial charge < -0.3 is 5.32 Å². The Balaban J connectivity index is 2.18. The van der Waals surface area contributed by atoms with E-state index in [2.05, 4.69) is 10.3 Å². The predicted octanol–water partition coefficient (Wildman–Crippen LogP) is 3.27. The van der Waals surface area contributed by atoms with Crippen LogP contribution >= 0.6 is 23.2 Å². The summed E-state index contributed by atoms with van der Waals surface area (Å²) < 4.78 is 1.31. The van der Waals surface area contributed by atoms with Crippen LogP contribution in [0.25, 0.3) is 0 Å². The number of benzene rings is 1. The topological polar surface area (TPSA) is 46.9 Å². The van der Waals surface area contributed by atoms with Crippen molar-refractivity contribution in [1.82, 2.24) is 9.55 Å². The number of hydrogen-bond acceptors (Lipinski definition) is 2. The minimum absolute atomic E-state index is 0.332. The van der Waals surface area contributed by atoms with Crippen molar-refractivity contribution in [3.63, 3.8) is 0 Å². The first-order chi connectivity index (χ1) is 7.66. The molecule has 2 rings (SSSR count). The molecule has 1 aromatic heterocycles. The fourth-order valence-electron chi connectivity index (χ4n) is 1.15. The molecule has 0 aliphatic carbocycles. The second kappa shape index (κ2) is 4.55. The Bertz CT molecular complexity index is 511. The van der Waals surface area contributed by atoms with E-state index < -0.39 is 0 Å². The third-order valence-electron chi connectivity index (χ3n) is 1.91. The van der Waals surface area contributed by atoms with Crippen molar-refractivity contribution < 1.29 is 4.79 Å². The summed E-state index contributed by atoms with van der Waals surface area (Å²) in [5, 5.41) is 3.54. The molecule has 0 bridgehead atoms. The first-order valence-corrected chi connectivity index (χ1v) is 5.17. The maximum Gasteiger partial charge on any atom is 0.331 e. The maximum absolute atomic E-state index is 11.6. The van der Waals surface area contributed by atoms with Crippen molar-refractivity contribution in [3.05, 3.63) is 47.0 Å². The van der Waals surface area contributed by atoms with Crippen LogP contribution in [-0.4, -0.2) is 15.6 Å². The number of amides is 1. The molecular weight excluding hydrogens is 249 g/mol. The standard InChI is InChI=1S/C10H7Cl2N3O/c11-7-1-2-9(8(12)5-7)14-10(16)15-4-3-13-6-15/h1-6H,(H,14,16). The molecule has 1 aromatic carbocycles. The lowest BCUT2D eigenvalue weighted by Gasteiger charge is -2.07. The highest BCUT2D eigenvalue weighted by molar-refractivity contribution is 6.36. The Morgan fingerprint density at radius 2 is 2.19 bits per heavy atom. The van der Waals surface area contributed by atoms with Gasteiger partial charge in [-0.15, -0.1) is 0 Å². The average Bonchev–Trinajstić information content (AvgIpc) is 2.75. The zero-order valence-electron chi connectivity index (χ0n) is 8.02. The van der Waals surface area contributed by atoms with Gasteiger partial charge in [0.05, 0.1) is 10.7 Å². The van der Waals surface area contributed by atoms with E-state index in [4.69, 9.17) is 23.2 Å². The highest BCUT2D eigenvalue weighted by atomic mass is 35.5. The molecule has 0 fully saturated rings. The summed E-state index contributed by atoms with van der Waals surface area (Å²) in [7, 11) is 0. The molecule has 1 heterocycles. The number of nitrogens with one attached hydrogen (secondary N) is 1. The molecule has 82 valence electrons. The van der Waals surface area contributed by atoms with Crippen molar-refractivity contribution in [3.8, 4) is 0 Å². The number of anilines is 1.